The normalized spacial score (nSPS) is 30.2. The minimum absolute atomic E-state index is 0.854. The van der Waals surface area contributed by atoms with Crippen LogP contribution < -0.4 is 5.73 Å². The van der Waals surface area contributed by atoms with Gasteiger partial charge in [-0.05, 0) is 51.1 Å². The first kappa shape index (κ1) is 14.3. The Kier molecular flexibility index (Phi) is 5.97. The molecule has 2 fully saturated rings. The van der Waals surface area contributed by atoms with Gasteiger partial charge in [0.1, 0.15) is 0 Å². The van der Waals surface area contributed by atoms with Crippen LogP contribution in [0.2, 0.25) is 0 Å². The third-order valence-corrected chi connectivity index (χ3v) is 5.23. The van der Waals surface area contributed by atoms with E-state index in [1.165, 1.54) is 70.8 Å². The Bertz CT molecular complexity index is 223. The van der Waals surface area contributed by atoms with E-state index < -0.39 is 0 Å². The van der Waals surface area contributed by atoms with Crippen LogP contribution in [0.5, 0.6) is 0 Å². The van der Waals surface area contributed by atoms with Crippen molar-refractivity contribution in [1.82, 2.24) is 4.90 Å². The van der Waals surface area contributed by atoms with Crippen LogP contribution in [0.3, 0.4) is 0 Å². The van der Waals surface area contributed by atoms with Gasteiger partial charge in [0.2, 0.25) is 0 Å². The predicted molar refractivity (Wildman–Crippen MR) is 78.7 cm³/mol. The van der Waals surface area contributed by atoms with Gasteiger partial charge in [-0.15, -0.1) is 0 Å². The van der Waals surface area contributed by atoms with E-state index in [9.17, 15) is 0 Å². The van der Waals surface area contributed by atoms with E-state index in [4.69, 9.17) is 5.73 Å². The molecule has 2 aliphatic carbocycles. The van der Waals surface area contributed by atoms with Gasteiger partial charge in [-0.2, -0.15) is 0 Å². The molecule has 0 aliphatic heterocycles. The Balaban J connectivity index is 2.00. The van der Waals surface area contributed by atoms with Crippen molar-refractivity contribution >= 4 is 0 Å². The Morgan fingerprint density at radius 2 is 1.67 bits per heavy atom. The predicted octanol–water partition coefficient (Wildman–Crippen LogP) is 3.55. The monoisotopic (exact) mass is 252 g/mol. The van der Waals surface area contributed by atoms with Gasteiger partial charge in [-0.3, -0.25) is 4.90 Å². The minimum Gasteiger partial charge on any atom is -0.330 e. The maximum Gasteiger partial charge on any atom is 0.0126 e. The Morgan fingerprint density at radius 3 is 2.33 bits per heavy atom. The largest absolute Gasteiger partial charge is 0.330 e. The van der Waals surface area contributed by atoms with Crippen LogP contribution in [-0.2, 0) is 0 Å². The van der Waals surface area contributed by atoms with Crippen LogP contribution >= 0.6 is 0 Å². The van der Waals surface area contributed by atoms with Gasteiger partial charge in [0.25, 0.3) is 0 Å². The smallest absolute Gasteiger partial charge is 0.0126 e. The number of hydrogen-bond acceptors (Lipinski definition) is 2. The number of rotatable bonds is 6. The summed E-state index contributed by atoms with van der Waals surface area (Å²) in [5, 5.41) is 0. The average molecular weight is 252 g/mol. The topological polar surface area (TPSA) is 29.3 Å². The molecule has 0 radical (unpaired) electrons. The van der Waals surface area contributed by atoms with Gasteiger partial charge in [0.05, 0.1) is 0 Å². The zero-order valence-corrected chi connectivity index (χ0v) is 12.2. The fourth-order valence-electron chi connectivity index (χ4n) is 4.23. The maximum absolute atomic E-state index is 5.75. The van der Waals surface area contributed by atoms with Crippen LogP contribution in [0.25, 0.3) is 0 Å². The molecule has 2 heteroatoms. The van der Waals surface area contributed by atoms with E-state index in [1.807, 2.05) is 0 Å². The van der Waals surface area contributed by atoms with Crippen molar-refractivity contribution in [1.29, 1.82) is 0 Å². The zero-order chi connectivity index (χ0) is 12.8. The van der Waals surface area contributed by atoms with E-state index in [2.05, 4.69) is 11.8 Å². The summed E-state index contributed by atoms with van der Waals surface area (Å²) < 4.78 is 0. The summed E-state index contributed by atoms with van der Waals surface area (Å²) in [4.78, 5) is 2.88. The van der Waals surface area contributed by atoms with Gasteiger partial charge in [0.15, 0.2) is 0 Å². The molecule has 0 spiro atoms. The molecule has 18 heavy (non-hydrogen) atoms. The molecule has 0 aromatic carbocycles. The second-order valence-electron chi connectivity index (χ2n) is 6.34. The molecule has 2 saturated carbocycles. The lowest BCUT2D eigenvalue weighted by molar-refractivity contribution is 0.0619. The third kappa shape index (κ3) is 3.48. The first-order valence-electron chi connectivity index (χ1n) is 8.32. The minimum atomic E-state index is 0.854. The standard InChI is InChI=1S/C16H32N2/c1-2-14-8-3-6-11-16(14)18(13-7-12-17)15-9-4-5-10-15/h14-16H,2-13,17H2,1H3. The number of hydrogen-bond donors (Lipinski definition) is 1. The summed E-state index contributed by atoms with van der Waals surface area (Å²) in [5.74, 6) is 0.956. The van der Waals surface area contributed by atoms with Gasteiger partial charge in [-0.25, -0.2) is 0 Å². The highest BCUT2D eigenvalue weighted by Crippen LogP contribution is 2.35. The van der Waals surface area contributed by atoms with Crippen LogP contribution in [0.4, 0.5) is 0 Å². The molecule has 2 unspecified atom stereocenters. The molecule has 0 saturated heterocycles. The second kappa shape index (κ2) is 7.49. The van der Waals surface area contributed by atoms with E-state index >= 15 is 0 Å². The molecule has 0 aromatic rings. The van der Waals surface area contributed by atoms with Gasteiger partial charge < -0.3 is 5.73 Å². The van der Waals surface area contributed by atoms with Gasteiger partial charge in [-0.1, -0.05) is 39.0 Å². The van der Waals surface area contributed by atoms with Crippen LogP contribution in [-0.4, -0.2) is 30.1 Å². The molecular weight excluding hydrogens is 220 g/mol. The van der Waals surface area contributed by atoms with E-state index in [1.54, 1.807) is 0 Å². The first-order chi connectivity index (χ1) is 8.86. The molecule has 2 aliphatic rings. The molecule has 0 heterocycles. The fraction of sp³-hybridized carbons (Fsp3) is 1.00. The van der Waals surface area contributed by atoms with Crippen molar-refractivity contribution in [2.75, 3.05) is 13.1 Å². The van der Waals surface area contributed by atoms with E-state index in [0.29, 0.717) is 0 Å². The quantitative estimate of drug-likeness (QED) is 0.783. The average Bonchev–Trinajstić information content (AvgIpc) is 2.94. The summed E-state index contributed by atoms with van der Waals surface area (Å²) >= 11 is 0. The van der Waals surface area contributed by atoms with Crippen molar-refractivity contribution in [2.45, 2.75) is 83.2 Å². The second-order valence-corrected chi connectivity index (χ2v) is 6.34. The molecule has 0 bridgehead atoms. The molecular formula is C16H32N2. The van der Waals surface area contributed by atoms with E-state index in [0.717, 1.165) is 24.5 Å². The molecule has 106 valence electrons. The highest BCUT2D eigenvalue weighted by atomic mass is 15.2. The molecule has 0 amide bonds. The Hall–Kier alpha value is -0.0800. The van der Waals surface area contributed by atoms with Crippen molar-refractivity contribution in [3.05, 3.63) is 0 Å². The van der Waals surface area contributed by atoms with Crippen molar-refractivity contribution in [2.24, 2.45) is 11.7 Å². The summed E-state index contributed by atoms with van der Waals surface area (Å²) in [6, 6.07) is 1.76. The van der Waals surface area contributed by atoms with Crippen LogP contribution in [0.15, 0.2) is 0 Å². The highest BCUT2D eigenvalue weighted by molar-refractivity contribution is 4.88. The zero-order valence-electron chi connectivity index (χ0n) is 12.2. The Morgan fingerprint density at radius 1 is 1.00 bits per heavy atom. The molecule has 2 N–H and O–H groups in total. The summed E-state index contributed by atoms with van der Waals surface area (Å²) in [6.45, 7) is 4.49. The molecule has 2 nitrogen and oxygen atoms in total. The third-order valence-electron chi connectivity index (χ3n) is 5.23. The lowest BCUT2D eigenvalue weighted by Gasteiger charge is -2.43. The van der Waals surface area contributed by atoms with Crippen molar-refractivity contribution < 1.29 is 0 Å². The molecule has 0 aromatic heterocycles. The lowest BCUT2D eigenvalue weighted by atomic mass is 9.81. The summed E-state index contributed by atoms with van der Waals surface area (Å²) in [5.41, 5.74) is 5.75. The fourth-order valence-corrected chi connectivity index (χ4v) is 4.23. The Labute approximate surface area is 113 Å². The maximum atomic E-state index is 5.75. The van der Waals surface area contributed by atoms with Gasteiger partial charge >= 0.3 is 0 Å². The molecule has 2 rings (SSSR count). The van der Waals surface area contributed by atoms with Crippen molar-refractivity contribution in [3.8, 4) is 0 Å². The summed E-state index contributed by atoms with van der Waals surface area (Å²) in [6.07, 6.45) is 14.2. The van der Waals surface area contributed by atoms with Crippen LogP contribution in [0.1, 0.15) is 71.1 Å². The van der Waals surface area contributed by atoms with Crippen molar-refractivity contribution in [3.63, 3.8) is 0 Å². The number of nitrogens with two attached hydrogens (primary N) is 1. The lowest BCUT2D eigenvalue weighted by Crippen LogP contribution is -2.48. The SMILES string of the molecule is CCC1CCCCC1N(CCCN)C1CCCC1. The highest BCUT2D eigenvalue weighted by Gasteiger charge is 2.33. The van der Waals surface area contributed by atoms with Gasteiger partial charge in [0, 0.05) is 12.1 Å². The van der Waals surface area contributed by atoms with E-state index in [-0.39, 0.29) is 0 Å². The summed E-state index contributed by atoms with van der Waals surface area (Å²) in [7, 11) is 0. The molecule has 2 atom stereocenters. The first-order valence-corrected chi connectivity index (χ1v) is 8.32. The van der Waals surface area contributed by atoms with Crippen LogP contribution in [0, 0.1) is 5.92 Å². The number of nitrogens with zero attached hydrogens (tertiary/aromatic N) is 1.